The molecular formula is C21H41NO. The summed E-state index contributed by atoms with van der Waals surface area (Å²) >= 11 is 0. The Labute approximate surface area is 145 Å². The zero-order valence-electron chi connectivity index (χ0n) is 15.9. The third-order valence-electron chi connectivity index (χ3n) is 4.90. The van der Waals surface area contributed by atoms with E-state index in [0.717, 1.165) is 6.42 Å². The maximum Gasteiger partial charge on any atom is 0.244 e. The predicted molar refractivity (Wildman–Crippen MR) is 102 cm³/mol. The highest BCUT2D eigenvalue weighted by atomic mass is 16.1. The van der Waals surface area contributed by atoms with E-state index in [1.165, 1.54) is 89.9 Å². The molecule has 0 saturated heterocycles. The van der Waals surface area contributed by atoms with Crippen LogP contribution in [-0.4, -0.2) is 5.91 Å². The maximum atomic E-state index is 11.0. The molecule has 0 rings (SSSR count). The summed E-state index contributed by atoms with van der Waals surface area (Å²) in [6, 6.07) is 0. The van der Waals surface area contributed by atoms with Gasteiger partial charge in [-0.3, -0.25) is 4.79 Å². The molecule has 0 aromatic rings. The quantitative estimate of drug-likeness (QED) is 0.240. The minimum atomic E-state index is -0.345. The molecule has 1 unspecified atom stereocenters. The molecule has 2 nitrogen and oxygen atoms in total. The molecule has 0 aromatic heterocycles. The van der Waals surface area contributed by atoms with Crippen molar-refractivity contribution in [3.05, 3.63) is 12.2 Å². The molecule has 0 spiro atoms. The van der Waals surface area contributed by atoms with Crippen molar-refractivity contribution in [2.45, 2.75) is 110 Å². The number of primary amides is 1. The van der Waals surface area contributed by atoms with Gasteiger partial charge in [-0.15, -0.1) is 0 Å². The number of hydrogen-bond donors (Lipinski definition) is 1. The largest absolute Gasteiger partial charge is 0.366 e. The van der Waals surface area contributed by atoms with E-state index in [4.69, 9.17) is 5.73 Å². The van der Waals surface area contributed by atoms with E-state index >= 15 is 0 Å². The molecule has 2 heteroatoms. The number of rotatable bonds is 17. The Morgan fingerprint density at radius 2 is 1.13 bits per heavy atom. The smallest absolute Gasteiger partial charge is 0.244 e. The SMILES string of the molecule is C=C(C(N)=O)C(C)CCCCCCCCCCCCCCCC. The van der Waals surface area contributed by atoms with Crippen molar-refractivity contribution < 1.29 is 4.79 Å². The van der Waals surface area contributed by atoms with Crippen molar-refractivity contribution in [1.82, 2.24) is 0 Å². The third-order valence-corrected chi connectivity index (χ3v) is 4.90. The summed E-state index contributed by atoms with van der Waals surface area (Å²) in [5.41, 5.74) is 5.83. The van der Waals surface area contributed by atoms with Gasteiger partial charge in [-0.25, -0.2) is 0 Å². The molecule has 0 aliphatic heterocycles. The standard InChI is InChI=1S/C21H41NO/c1-4-5-6-7-8-9-10-11-12-13-14-15-16-17-18-19(2)20(3)21(22)23/h19H,3-18H2,1-2H3,(H2,22,23). The minimum Gasteiger partial charge on any atom is -0.366 e. The van der Waals surface area contributed by atoms with Gasteiger partial charge in [0.25, 0.3) is 0 Å². The average Bonchev–Trinajstić information content (AvgIpc) is 2.54. The maximum absolute atomic E-state index is 11.0. The van der Waals surface area contributed by atoms with Crippen LogP contribution in [0.2, 0.25) is 0 Å². The van der Waals surface area contributed by atoms with Crippen LogP contribution >= 0.6 is 0 Å². The van der Waals surface area contributed by atoms with E-state index < -0.39 is 0 Å². The van der Waals surface area contributed by atoms with Gasteiger partial charge < -0.3 is 5.73 Å². The molecule has 1 amide bonds. The Morgan fingerprint density at radius 3 is 1.48 bits per heavy atom. The second-order valence-corrected chi connectivity index (χ2v) is 7.18. The first-order valence-electron chi connectivity index (χ1n) is 10.1. The van der Waals surface area contributed by atoms with Crippen molar-refractivity contribution in [3.63, 3.8) is 0 Å². The fraction of sp³-hybridized carbons (Fsp3) is 0.857. The molecule has 0 radical (unpaired) electrons. The number of carbonyl (C=O) groups is 1. The van der Waals surface area contributed by atoms with Gasteiger partial charge in [0.05, 0.1) is 0 Å². The van der Waals surface area contributed by atoms with Crippen molar-refractivity contribution in [1.29, 1.82) is 0 Å². The van der Waals surface area contributed by atoms with Crippen LogP contribution in [0.1, 0.15) is 110 Å². The fourth-order valence-corrected chi connectivity index (χ4v) is 3.06. The summed E-state index contributed by atoms with van der Waals surface area (Å²) in [4.78, 5) is 11.0. The molecule has 23 heavy (non-hydrogen) atoms. The lowest BCUT2D eigenvalue weighted by atomic mass is 9.95. The zero-order chi connectivity index (χ0) is 17.3. The van der Waals surface area contributed by atoms with Crippen LogP contribution in [0.25, 0.3) is 0 Å². The second kappa shape index (κ2) is 16.1. The van der Waals surface area contributed by atoms with Crippen molar-refractivity contribution >= 4 is 5.91 Å². The number of carbonyl (C=O) groups excluding carboxylic acids is 1. The summed E-state index contributed by atoms with van der Waals surface area (Å²) in [5.74, 6) is -0.104. The van der Waals surface area contributed by atoms with Gasteiger partial charge in [-0.05, 0) is 12.3 Å². The van der Waals surface area contributed by atoms with Crippen molar-refractivity contribution in [2.24, 2.45) is 11.7 Å². The number of unbranched alkanes of at least 4 members (excludes halogenated alkanes) is 13. The fourth-order valence-electron chi connectivity index (χ4n) is 3.06. The number of hydrogen-bond acceptors (Lipinski definition) is 1. The van der Waals surface area contributed by atoms with Crippen LogP contribution in [0.4, 0.5) is 0 Å². The summed E-state index contributed by atoms with van der Waals surface area (Å²) < 4.78 is 0. The van der Waals surface area contributed by atoms with Crippen LogP contribution in [0.3, 0.4) is 0 Å². The van der Waals surface area contributed by atoms with Crippen LogP contribution < -0.4 is 5.73 Å². The van der Waals surface area contributed by atoms with E-state index in [0.29, 0.717) is 5.57 Å². The van der Waals surface area contributed by atoms with Gasteiger partial charge >= 0.3 is 0 Å². The second-order valence-electron chi connectivity index (χ2n) is 7.18. The first-order chi connectivity index (χ1) is 11.1. The topological polar surface area (TPSA) is 43.1 Å². The monoisotopic (exact) mass is 323 g/mol. The van der Waals surface area contributed by atoms with Gasteiger partial charge in [0.15, 0.2) is 0 Å². The molecule has 0 heterocycles. The zero-order valence-corrected chi connectivity index (χ0v) is 15.9. The molecule has 0 fully saturated rings. The Hall–Kier alpha value is -0.790. The molecule has 0 aliphatic rings. The lowest BCUT2D eigenvalue weighted by Crippen LogP contribution is -2.18. The lowest BCUT2D eigenvalue weighted by Gasteiger charge is -2.11. The van der Waals surface area contributed by atoms with Crippen LogP contribution in [0.15, 0.2) is 12.2 Å². The van der Waals surface area contributed by atoms with Gasteiger partial charge in [0.1, 0.15) is 0 Å². The van der Waals surface area contributed by atoms with Crippen molar-refractivity contribution in [3.8, 4) is 0 Å². The first-order valence-corrected chi connectivity index (χ1v) is 10.1. The summed E-state index contributed by atoms with van der Waals surface area (Å²) in [5, 5.41) is 0. The Kier molecular flexibility index (Phi) is 15.5. The van der Waals surface area contributed by atoms with Gasteiger partial charge in [0.2, 0.25) is 5.91 Å². The van der Waals surface area contributed by atoms with Gasteiger partial charge in [-0.2, -0.15) is 0 Å². The molecule has 0 aliphatic carbocycles. The van der Waals surface area contributed by atoms with Gasteiger partial charge in [-0.1, -0.05) is 110 Å². The minimum absolute atomic E-state index is 0.241. The van der Waals surface area contributed by atoms with Crippen LogP contribution in [0.5, 0.6) is 0 Å². The van der Waals surface area contributed by atoms with E-state index in [9.17, 15) is 4.79 Å². The van der Waals surface area contributed by atoms with E-state index in [1.807, 2.05) is 0 Å². The van der Waals surface area contributed by atoms with Crippen molar-refractivity contribution in [2.75, 3.05) is 0 Å². The highest BCUT2D eigenvalue weighted by Gasteiger charge is 2.10. The van der Waals surface area contributed by atoms with E-state index in [-0.39, 0.29) is 11.8 Å². The summed E-state index contributed by atoms with van der Waals surface area (Å²) in [6.07, 6.45) is 20.3. The summed E-state index contributed by atoms with van der Waals surface area (Å²) in [6.45, 7) is 8.09. The molecule has 0 saturated carbocycles. The molecule has 136 valence electrons. The number of nitrogens with two attached hydrogens (primary N) is 1. The lowest BCUT2D eigenvalue weighted by molar-refractivity contribution is -0.115. The molecule has 1 atom stereocenters. The first kappa shape index (κ1) is 22.2. The van der Waals surface area contributed by atoms with E-state index in [1.54, 1.807) is 0 Å². The molecule has 2 N–H and O–H groups in total. The normalized spacial score (nSPS) is 12.3. The Balaban J connectivity index is 3.19. The Bertz CT molecular complexity index is 298. The predicted octanol–water partition coefficient (Wildman–Crippen LogP) is 6.54. The van der Waals surface area contributed by atoms with Gasteiger partial charge in [0, 0.05) is 5.57 Å². The Morgan fingerprint density at radius 1 is 0.783 bits per heavy atom. The highest BCUT2D eigenvalue weighted by Crippen LogP contribution is 2.18. The van der Waals surface area contributed by atoms with E-state index in [2.05, 4.69) is 20.4 Å². The summed E-state index contributed by atoms with van der Waals surface area (Å²) in [7, 11) is 0. The highest BCUT2D eigenvalue weighted by molar-refractivity contribution is 5.91. The molecule has 0 aromatic carbocycles. The molecule has 0 bridgehead atoms. The number of amides is 1. The molecular weight excluding hydrogens is 282 g/mol. The average molecular weight is 324 g/mol. The van der Waals surface area contributed by atoms with Crippen LogP contribution in [-0.2, 0) is 4.79 Å². The third kappa shape index (κ3) is 14.5. The van der Waals surface area contributed by atoms with Crippen LogP contribution in [0, 0.1) is 5.92 Å².